The van der Waals surface area contributed by atoms with E-state index in [9.17, 15) is 4.79 Å². The van der Waals surface area contributed by atoms with Crippen LogP contribution in [0.1, 0.15) is 15.2 Å². The number of anilines is 1. The summed E-state index contributed by atoms with van der Waals surface area (Å²) in [6.45, 7) is 3.09. The number of ketones is 1. The molecule has 1 aliphatic heterocycles. The largest absolute Gasteiger partial charge is 0.378 e. The number of hydrogen-bond acceptors (Lipinski definition) is 6. The number of pyridine rings is 1. The molecule has 6 heteroatoms. The van der Waals surface area contributed by atoms with E-state index in [2.05, 4.69) is 9.88 Å². The molecule has 0 spiro atoms. The second-order valence-corrected chi connectivity index (χ2v) is 7.12. The van der Waals surface area contributed by atoms with Crippen LogP contribution in [0.2, 0.25) is 0 Å². The van der Waals surface area contributed by atoms with Crippen LogP contribution in [0.25, 0.3) is 17.3 Å². The van der Waals surface area contributed by atoms with Gasteiger partial charge in [-0.05, 0) is 24.3 Å². The fourth-order valence-electron chi connectivity index (χ4n) is 2.88. The SMILES string of the molecule is O=C(/C=C/c1sc(N2CCOCC2)nc1-c1ccccc1)c1cccnc1. The fraction of sp³-hybridized carbons (Fsp3) is 0.190. The molecule has 0 unspecified atom stereocenters. The van der Waals surface area contributed by atoms with Gasteiger partial charge in [0.05, 0.1) is 23.8 Å². The molecule has 27 heavy (non-hydrogen) atoms. The summed E-state index contributed by atoms with van der Waals surface area (Å²) in [5, 5.41) is 0.964. The maximum atomic E-state index is 12.4. The lowest BCUT2D eigenvalue weighted by Crippen LogP contribution is -2.36. The van der Waals surface area contributed by atoms with Gasteiger partial charge in [-0.1, -0.05) is 41.7 Å². The number of rotatable bonds is 5. The summed E-state index contributed by atoms with van der Waals surface area (Å²) in [6.07, 6.45) is 6.70. The smallest absolute Gasteiger partial charge is 0.187 e. The first kappa shape index (κ1) is 17.6. The molecule has 0 N–H and O–H groups in total. The van der Waals surface area contributed by atoms with Crippen LogP contribution >= 0.6 is 11.3 Å². The highest BCUT2D eigenvalue weighted by molar-refractivity contribution is 7.17. The van der Waals surface area contributed by atoms with Gasteiger partial charge in [-0.25, -0.2) is 4.98 Å². The molecule has 4 rings (SSSR count). The molecule has 1 fully saturated rings. The van der Waals surface area contributed by atoms with Crippen LogP contribution in [0.3, 0.4) is 0 Å². The molecule has 1 aliphatic rings. The quantitative estimate of drug-likeness (QED) is 0.498. The third-order valence-corrected chi connectivity index (χ3v) is 5.38. The lowest BCUT2D eigenvalue weighted by molar-refractivity contribution is 0.104. The molecule has 0 atom stereocenters. The van der Waals surface area contributed by atoms with Crippen LogP contribution < -0.4 is 4.90 Å². The molecule has 2 aromatic heterocycles. The molecule has 1 aromatic carbocycles. The Morgan fingerprint density at radius 1 is 1.11 bits per heavy atom. The van der Waals surface area contributed by atoms with Gasteiger partial charge >= 0.3 is 0 Å². The molecule has 0 aliphatic carbocycles. The van der Waals surface area contributed by atoms with E-state index in [4.69, 9.17) is 9.72 Å². The normalized spacial score (nSPS) is 14.6. The van der Waals surface area contributed by atoms with E-state index in [0.29, 0.717) is 18.8 Å². The Morgan fingerprint density at radius 3 is 2.67 bits per heavy atom. The maximum Gasteiger partial charge on any atom is 0.187 e. The Hall–Kier alpha value is -2.83. The number of thiazole rings is 1. The number of nitrogens with zero attached hydrogens (tertiary/aromatic N) is 3. The second-order valence-electron chi connectivity index (χ2n) is 6.11. The van der Waals surface area contributed by atoms with Crippen molar-refractivity contribution in [1.82, 2.24) is 9.97 Å². The van der Waals surface area contributed by atoms with Crippen LogP contribution in [0, 0.1) is 0 Å². The zero-order valence-electron chi connectivity index (χ0n) is 14.7. The third-order valence-electron chi connectivity index (χ3n) is 4.30. The standard InChI is InChI=1S/C21H19N3O2S/c25-18(17-7-4-10-22-15-17)8-9-19-20(16-5-2-1-3-6-16)23-21(27-19)24-11-13-26-14-12-24/h1-10,15H,11-14H2/b9-8+. The van der Waals surface area contributed by atoms with Crippen molar-refractivity contribution in [3.63, 3.8) is 0 Å². The van der Waals surface area contributed by atoms with Crippen molar-refractivity contribution in [2.45, 2.75) is 0 Å². The molecule has 3 heterocycles. The third kappa shape index (κ3) is 4.13. The summed E-state index contributed by atoms with van der Waals surface area (Å²) in [6, 6.07) is 13.6. The Balaban J connectivity index is 1.66. The maximum absolute atomic E-state index is 12.4. The first-order chi connectivity index (χ1) is 13.3. The summed E-state index contributed by atoms with van der Waals surface area (Å²) < 4.78 is 5.44. The van der Waals surface area contributed by atoms with E-state index in [1.54, 1.807) is 41.9 Å². The van der Waals surface area contributed by atoms with Gasteiger partial charge in [0.15, 0.2) is 10.9 Å². The highest BCUT2D eigenvalue weighted by atomic mass is 32.1. The van der Waals surface area contributed by atoms with Gasteiger partial charge in [0.25, 0.3) is 0 Å². The van der Waals surface area contributed by atoms with Gasteiger partial charge in [-0.2, -0.15) is 0 Å². The molecule has 136 valence electrons. The van der Waals surface area contributed by atoms with Gasteiger partial charge < -0.3 is 9.64 Å². The van der Waals surface area contributed by atoms with Crippen LogP contribution in [0.4, 0.5) is 5.13 Å². The van der Waals surface area contributed by atoms with Crippen molar-refractivity contribution < 1.29 is 9.53 Å². The van der Waals surface area contributed by atoms with Crippen LogP contribution in [-0.2, 0) is 4.74 Å². The van der Waals surface area contributed by atoms with E-state index in [1.807, 2.05) is 36.4 Å². The highest BCUT2D eigenvalue weighted by Gasteiger charge is 2.18. The summed E-state index contributed by atoms with van der Waals surface area (Å²) >= 11 is 1.60. The summed E-state index contributed by atoms with van der Waals surface area (Å²) in [5.41, 5.74) is 2.52. The minimum atomic E-state index is -0.0663. The van der Waals surface area contributed by atoms with Crippen molar-refractivity contribution >= 4 is 28.3 Å². The summed E-state index contributed by atoms with van der Waals surface area (Å²) in [5.74, 6) is -0.0663. The molecule has 0 saturated carbocycles. The lowest BCUT2D eigenvalue weighted by Gasteiger charge is -2.26. The topological polar surface area (TPSA) is 55.3 Å². The monoisotopic (exact) mass is 377 g/mol. The van der Waals surface area contributed by atoms with Crippen molar-refractivity contribution in [1.29, 1.82) is 0 Å². The molecule has 0 bridgehead atoms. The molecule has 0 amide bonds. The minimum Gasteiger partial charge on any atom is -0.378 e. The van der Waals surface area contributed by atoms with Crippen molar-refractivity contribution in [3.8, 4) is 11.3 Å². The molecule has 0 radical (unpaired) electrons. The van der Waals surface area contributed by atoms with Crippen molar-refractivity contribution in [2.75, 3.05) is 31.2 Å². The van der Waals surface area contributed by atoms with Gasteiger partial charge in [0, 0.05) is 36.6 Å². The molecular weight excluding hydrogens is 358 g/mol. The Labute approximate surface area is 162 Å². The number of ether oxygens (including phenoxy) is 1. The zero-order valence-corrected chi connectivity index (χ0v) is 15.6. The number of carbonyl (C=O) groups is 1. The predicted molar refractivity (Wildman–Crippen MR) is 108 cm³/mol. The zero-order chi connectivity index (χ0) is 18.5. The first-order valence-electron chi connectivity index (χ1n) is 8.82. The van der Waals surface area contributed by atoms with E-state index in [-0.39, 0.29) is 5.78 Å². The van der Waals surface area contributed by atoms with E-state index in [1.165, 1.54) is 0 Å². The van der Waals surface area contributed by atoms with Crippen LogP contribution in [-0.4, -0.2) is 42.1 Å². The first-order valence-corrected chi connectivity index (χ1v) is 9.64. The Morgan fingerprint density at radius 2 is 1.93 bits per heavy atom. The number of aromatic nitrogens is 2. The van der Waals surface area contributed by atoms with Crippen molar-refractivity contribution in [2.24, 2.45) is 0 Å². The number of morpholine rings is 1. The van der Waals surface area contributed by atoms with Gasteiger partial charge in [0.2, 0.25) is 0 Å². The Kier molecular flexibility index (Phi) is 5.37. The van der Waals surface area contributed by atoms with Gasteiger partial charge in [-0.3, -0.25) is 9.78 Å². The van der Waals surface area contributed by atoms with Crippen molar-refractivity contribution in [3.05, 3.63) is 71.4 Å². The molecule has 5 nitrogen and oxygen atoms in total. The molecular formula is C21H19N3O2S. The number of hydrogen-bond donors (Lipinski definition) is 0. The predicted octanol–water partition coefficient (Wildman–Crippen LogP) is 3.94. The van der Waals surface area contributed by atoms with Crippen LogP contribution in [0.15, 0.2) is 60.9 Å². The highest BCUT2D eigenvalue weighted by Crippen LogP contribution is 2.34. The van der Waals surface area contributed by atoms with E-state index < -0.39 is 0 Å². The average molecular weight is 377 g/mol. The number of allylic oxidation sites excluding steroid dienone is 1. The second kappa shape index (κ2) is 8.24. The fourth-order valence-corrected chi connectivity index (χ4v) is 3.92. The Bertz CT molecular complexity index is 933. The number of carbonyl (C=O) groups excluding carboxylic acids is 1. The summed E-state index contributed by atoms with van der Waals surface area (Å²) in [7, 11) is 0. The minimum absolute atomic E-state index is 0.0663. The average Bonchev–Trinajstić information content (AvgIpc) is 3.18. The van der Waals surface area contributed by atoms with Gasteiger partial charge in [-0.15, -0.1) is 0 Å². The number of benzene rings is 1. The van der Waals surface area contributed by atoms with Crippen LogP contribution in [0.5, 0.6) is 0 Å². The van der Waals surface area contributed by atoms with Gasteiger partial charge in [0.1, 0.15) is 0 Å². The summed E-state index contributed by atoms with van der Waals surface area (Å²) in [4.78, 5) is 24.5. The lowest BCUT2D eigenvalue weighted by atomic mass is 10.1. The molecule has 1 saturated heterocycles. The molecule has 3 aromatic rings. The van der Waals surface area contributed by atoms with E-state index >= 15 is 0 Å². The van der Waals surface area contributed by atoms with E-state index in [0.717, 1.165) is 34.4 Å².